The Kier molecular flexibility index (Phi) is 4.85. The Balaban J connectivity index is 2.34. The van der Waals surface area contributed by atoms with Crippen LogP contribution in [0.1, 0.15) is 17.2 Å². The van der Waals surface area contributed by atoms with Crippen molar-refractivity contribution in [2.24, 2.45) is 0 Å². The maximum absolute atomic E-state index is 11.6. The highest BCUT2D eigenvalue weighted by Crippen LogP contribution is 2.30. The van der Waals surface area contributed by atoms with E-state index in [2.05, 4.69) is 21.2 Å². The van der Waals surface area contributed by atoms with Crippen molar-refractivity contribution in [3.8, 4) is 5.75 Å². The van der Waals surface area contributed by atoms with Crippen molar-refractivity contribution in [2.75, 3.05) is 12.4 Å². The number of nitrogens with one attached hydrogen (secondary N) is 1. The Hall–Kier alpha value is -2.01. The third kappa shape index (κ3) is 3.55. The molecule has 2 rings (SSSR count). The van der Waals surface area contributed by atoms with Gasteiger partial charge in [0.25, 0.3) is 0 Å². The summed E-state index contributed by atoms with van der Waals surface area (Å²) < 4.78 is 5.89. The first-order valence-electron chi connectivity index (χ1n) is 6.41. The Bertz CT molecular complexity index is 658. The molecule has 1 atom stereocenters. The molecule has 2 aromatic carbocycles. The number of rotatable bonds is 5. The highest BCUT2D eigenvalue weighted by molar-refractivity contribution is 9.10. The molecule has 5 heteroatoms. The van der Waals surface area contributed by atoms with Crippen LogP contribution < -0.4 is 10.1 Å². The number of para-hydroxylation sites is 1. The van der Waals surface area contributed by atoms with Crippen molar-refractivity contribution < 1.29 is 14.6 Å². The van der Waals surface area contributed by atoms with E-state index < -0.39 is 12.0 Å². The standard InChI is InChI=1S/C16H16BrNO3/c1-10-5-3-4-6-13(10)18-15(16(19)20)11-7-8-14(21-2)12(17)9-11/h3-9,15,18H,1-2H3,(H,19,20). The van der Waals surface area contributed by atoms with E-state index in [-0.39, 0.29) is 0 Å². The van der Waals surface area contributed by atoms with Crippen LogP contribution in [0.2, 0.25) is 0 Å². The predicted molar refractivity (Wildman–Crippen MR) is 85.9 cm³/mol. The third-order valence-corrected chi connectivity index (χ3v) is 3.82. The second-order valence-corrected chi connectivity index (χ2v) is 5.48. The molecule has 1 unspecified atom stereocenters. The van der Waals surface area contributed by atoms with Crippen LogP contribution in [0.15, 0.2) is 46.9 Å². The van der Waals surface area contributed by atoms with Gasteiger partial charge in [-0.1, -0.05) is 24.3 Å². The molecule has 2 N–H and O–H groups in total. The second kappa shape index (κ2) is 6.63. The molecule has 0 aromatic heterocycles. The van der Waals surface area contributed by atoms with Gasteiger partial charge in [-0.25, -0.2) is 4.79 Å². The molecular formula is C16H16BrNO3. The van der Waals surface area contributed by atoms with Crippen LogP contribution in [0.3, 0.4) is 0 Å². The number of aliphatic carboxylic acids is 1. The van der Waals surface area contributed by atoms with Gasteiger partial charge in [0.15, 0.2) is 6.04 Å². The molecule has 0 spiro atoms. The number of anilines is 1. The first-order chi connectivity index (χ1) is 10.0. The van der Waals surface area contributed by atoms with Crippen LogP contribution >= 0.6 is 15.9 Å². The third-order valence-electron chi connectivity index (χ3n) is 3.20. The van der Waals surface area contributed by atoms with Gasteiger partial charge in [-0.2, -0.15) is 0 Å². The molecule has 21 heavy (non-hydrogen) atoms. The lowest BCUT2D eigenvalue weighted by Gasteiger charge is -2.18. The number of carboxylic acids is 1. The van der Waals surface area contributed by atoms with Gasteiger partial charge in [0.05, 0.1) is 11.6 Å². The lowest BCUT2D eigenvalue weighted by atomic mass is 10.1. The lowest BCUT2D eigenvalue weighted by Crippen LogP contribution is -2.21. The number of aryl methyl sites for hydroxylation is 1. The van der Waals surface area contributed by atoms with Crippen LogP contribution in [0.25, 0.3) is 0 Å². The van der Waals surface area contributed by atoms with E-state index in [0.717, 1.165) is 15.7 Å². The molecule has 0 aliphatic heterocycles. The van der Waals surface area contributed by atoms with E-state index >= 15 is 0 Å². The minimum Gasteiger partial charge on any atom is -0.496 e. The molecule has 0 amide bonds. The molecule has 0 bridgehead atoms. The van der Waals surface area contributed by atoms with Crippen LogP contribution in [0, 0.1) is 6.92 Å². The number of hydrogen-bond acceptors (Lipinski definition) is 3. The summed E-state index contributed by atoms with van der Waals surface area (Å²) in [6, 6.07) is 12.0. The fourth-order valence-corrected chi connectivity index (χ4v) is 2.60. The van der Waals surface area contributed by atoms with Crippen molar-refractivity contribution in [1.82, 2.24) is 0 Å². The fraction of sp³-hybridized carbons (Fsp3) is 0.188. The molecule has 110 valence electrons. The Morgan fingerprint density at radius 3 is 2.57 bits per heavy atom. The highest BCUT2D eigenvalue weighted by atomic mass is 79.9. The Labute approximate surface area is 131 Å². The number of methoxy groups -OCH3 is 1. The van der Waals surface area contributed by atoms with Gasteiger partial charge in [0, 0.05) is 5.69 Å². The minimum absolute atomic E-state index is 0.651. The summed E-state index contributed by atoms with van der Waals surface area (Å²) >= 11 is 3.38. The summed E-state index contributed by atoms with van der Waals surface area (Å²) in [7, 11) is 1.57. The molecule has 0 heterocycles. The minimum atomic E-state index is -0.935. The average molecular weight is 350 g/mol. The summed E-state index contributed by atoms with van der Waals surface area (Å²) in [5.74, 6) is -0.269. The summed E-state index contributed by atoms with van der Waals surface area (Å²) in [5.41, 5.74) is 2.45. The van der Waals surface area contributed by atoms with Crippen molar-refractivity contribution in [2.45, 2.75) is 13.0 Å². The molecule has 0 saturated heterocycles. The zero-order chi connectivity index (χ0) is 15.4. The highest BCUT2D eigenvalue weighted by Gasteiger charge is 2.21. The number of carbonyl (C=O) groups is 1. The monoisotopic (exact) mass is 349 g/mol. The molecule has 0 fully saturated rings. The zero-order valence-electron chi connectivity index (χ0n) is 11.8. The maximum Gasteiger partial charge on any atom is 0.330 e. The van der Waals surface area contributed by atoms with Crippen LogP contribution in [-0.2, 0) is 4.79 Å². The van der Waals surface area contributed by atoms with Gasteiger partial charge in [-0.05, 0) is 52.2 Å². The summed E-state index contributed by atoms with van der Waals surface area (Å²) in [6.07, 6.45) is 0. The van der Waals surface area contributed by atoms with Crippen LogP contribution in [-0.4, -0.2) is 18.2 Å². The van der Waals surface area contributed by atoms with Gasteiger partial charge in [0.1, 0.15) is 5.75 Å². The molecule has 0 saturated carbocycles. The number of hydrogen-bond donors (Lipinski definition) is 2. The Morgan fingerprint density at radius 1 is 1.29 bits per heavy atom. The van der Waals surface area contributed by atoms with Gasteiger partial charge in [0.2, 0.25) is 0 Å². The number of ether oxygens (including phenoxy) is 1. The first-order valence-corrected chi connectivity index (χ1v) is 7.20. The number of halogens is 1. The predicted octanol–water partition coefficient (Wildman–Crippen LogP) is 4.00. The molecular weight excluding hydrogens is 334 g/mol. The van der Waals surface area contributed by atoms with E-state index in [1.807, 2.05) is 31.2 Å². The smallest absolute Gasteiger partial charge is 0.330 e. The molecule has 2 aromatic rings. The molecule has 0 aliphatic rings. The SMILES string of the molecule is COc1ccc(C(Nc2ccccc2C)C(=O)O)cc1Br. The van der Waals surface area contributed by atoms with Gasteiger partial charge in [-0.15, -0.1) is 0 Å². The van der Waals surface area contributed by atoms with Crippen molar-refractivity contribution in [1.29, 1.82) is 0 Å². The summed E-state index contributed by atoms with van der Waals surface area (Å²) in [6.45, 7) is 1.94. The van der Waals surface area contributed by atoms with Gasteiger partial charge in [-0.3, -0.25) is 0 Å². The van der Waals surface area contributed by atoms with E-state index in [1.165, 1.54) is 0 Å². The number of carboxylic acid groups (broad SMARTS) is 1. The largest absolute Gasteiger partial charge is 0.496 e. The van der Waals surface area contributed by atoms with E-state index in [4.69, 9.17) is 4.74 Å². The van der Waals surface area contributed by atoms with E-state index in [0.29, 0.717) is 11.3 Å². The maximum atomic E-state index is 11.6. The van der Waals surface area contributed by atoms with Gasteiger partial charge < -0.3 is 15.2 Å². The van der Waals surface area contributed by atoms with Gasteiger partial charge >= 0.3 is 5.97 Å². The van der Waals surface area contributed by atoms with Crippen LogP contribution in [0.4, 0.5) is 5.69 Å². The quantitative estimate of drug-likeness (QED) is 0.856. The average Bonchev–Trinajstić information content (AvgIpc) is 2.46. The second-order valence-electron chi connectivity index (χ2n) is 4.62. The van der Waals surface area contributed by atoms with E-state index in [1.54, 1.807) is 25.3 Å². The Morgan fingerprint density at radius 2 is 2.00 bits per heavy atom. The number of benzene rings is 2. The summed E-state index contributed by atoms with van der Waals surface area (Å²) in [4.78, 5) is 11.6. The molecule has 0 radical (unpaired) electrons. The van der Waals surface area contributed by atoms with Crippen LogP contribution in [0.5, 0.6) is 5.75 Å². The van der Waals surface area contributed by atoms with Crippen molar-refractivity contribution in [3.05, 3.63) is 58.1 Å². The molecule has 4 nitrogen and oxygen atoms in total. The molecule has 0 aliphatic carbocycles. The first kappa shape index (κ1) is 15.4. The fourth-order valence-electron chi connectivity index (χ4n) is 2.04. The van der Waals surface area contributed by atoms with E-state index in [9.17, 15) is 9.90 Å². The zero-order valence-corrected chi connectivity index (χ0v) is 13.3. The summed E-state index contributed by atoms with van der Waals surface area (Å²) in [5, 5.41) is 12.6. The normalized spacial score (nSPS) is 11.8. The van der Waals surface area contributed by atoms with Crippen molar-refractivity contribution >= 4 is 27.6 Å². The lowest BCUT2D eigenvalue weighted by molar-refractivity contribution is -0.138. The topological polar surface area (TPSA) is 58.6 Å². The van der Waals surface area contributed by atoms with Crippen molar-refractivity contribution in [3.63, 3.8) is 0 Å².